The van der Waals surface area contributed by atoms with E-state index < -0.39 is 17.8 Å². The zero-order chi connectivity index (χ0) is 21.4. The average molecular weight is 440 g/mol. The number of aromatic nitrogens is 1. The van der Waals surface area contributed by atoms with Crippen LogP contribution in [0.1, 0.15) is 25.6 Å². The lowest BCUT2D eigenvalue weighted by atomic mass is 10.0. The molecule has 0 radical (unpaired) electrons. The number of hydrogen-bond acceptors (Lipinski definition) is 5. The molecule has 0 bridgehead atoms. The van der Waals surface area contributed by atoms with Crippen LogP contribution in [0.25, 0.3) is 10.9 Å². The van der Waals surface area contributed by atoms with Crippen LogP contribution in [-0.4, -0.2) is 27.4 Å². The second-order valence-electron chi connectivity index (χ2n) is 6.37. The lowest BCUT2D eigenvalue weighted by molar-refractivity contribution is 0.102. The van der Waals surface area contributed by atoms with E-state index in [4.69, 9.17) is 17.3 Å². The third kappa shape index (κ3) is 3.42. The van der Waals surface area contributed by atoms with Gasteiger partial charge in [-0.3, -0.25) is 9.59 Å². The molecule has 0 atom stereocenters. The molecular formula is C21H14ClN3O4S. The Morgan fingerprint density at radius 2 is 1.80 bits per heavy atom. The van der Waals surface area contributed by atoms with E-state index in [0.717, 1.165) is 4.57 Å². The molecule has 0 fully saturated rings. The van der Waals surface area contributed by atoms with Crippen molar-refractivity contribution in [2.45, 2.75) is 0 Å². The second kappa shape index (κ2) is 7.66. The zero-order valence-electron chi connectivity index (χ0n) is 15.3. The third-order valence-electron chi connectivity index (χ3n) is 4.50. The van der Waals surface area contributed by atoms with Crippen molar-refractivity contribution >= 4 is 57.2 Å². The van der Waals surface area contributed by atoms with Crippen LogP contribution in [0.3, 0.4) is 0 Å². The number of carbonyl (C=O) groups excluding carboxylic acids is 3. The number of carbonyl (C=O) groups is 3. The molecule has 2 amide bonds. The van der Waals surface area contributed by atoms with Crippen molar-refractivity contribution in [3.8, 4) is 5.88 Å². The Morgan fingerprint density at radius 3 is 2.43 bits per heavy atom. The summed E-state index contributed by atoms with van der Waals surface area (Å²) in [7, 11) is 0. The number of nitrogens with two attached hydrogens (primary N) is 1. The van der Waals surface area contributed by atoms with Crippen molar-refractivity contribution in [2.75, 3.05) is 5.32 Å². The van der Waals surface area contributed by atoms with Crippen molar-refractivity contribution in [3.63, 3.8) is 0 Å². The van der Waals surface area contributed by atoms with Gasteiger partial charge in [-0.25, -0.2) is 9.36 Å². The van der Waals surface area contributed by atoms with Gasteiger partial charge in [0.15, 0.2) is 0 Å². The first-order valence-corrected chi connectivity index (χ1v) is 9.95. The number of ketones is 1. The SMILES string of the molecule is NC(=O)n1c(O)c(C(=O)Nc2ccc(Cl)cc2)c2cc(C(=O)c3cccs3)ccc21. The van der Waals surface area contributed by atoms with Gasteiger partial charge in [-0.15, -0.1) is 11.3 Å². The number of hydrogen-bond donors (Lipinski definition) is 3. The van der Waals surface area contributed by atoms with Crippen LogP contribution < -0.4 is 11.1 Å². The molecule has 9 heteroatoms. The molecular weight excluding hydrogens is 426 g/mol. The number of rotatable bonds is 4. The van der Waals surface area contributed by atoms with E-state index in [-0.39, 0.29) is 22.2 Å². The fraction of sp³-hybridized carbons (Fsp3) is 0. The van der Waals surface area contributed by atoms with Crippen LogP contribution in [0.15, 0.2) is 60.0 Å². The lowest BCUT2D eigenvalue weighted by Crippen LogP contribution is -2.19. The summed E-state index contributed by atoms with van der Waals surface area (Å²) < 4.78 is 0.825. The standard InChI is InChI=1S/C21H14ClN3O4S/c22-12-4-6-13(7-5-12)24-19(27)17-14-10-11(18(26)16-2-1-9-30-16)3-8-15(14)25(20(17)28)21(23)29/h1-10,28H,(H2,23,29)(H,24,27). The van der Waals surface area contributed by atoms with Crippen molar-refractivity contribution < 1.29 is 19.5 Å². The fourth-order valence-corrected chi connectivity index (χ4v) is 3.95. The molecule has 150 valence electrons. The number of halogens is 1. The molecule has 0 saturated carbocycles. The molecule has 2 aromatic carbocycles. The highest BCUT2D eigenvalue weighted by atomic mass is 35.5. The quantitative estimate of drug-likeness (QED) is 0.407. The number of nitrogens with one attached hydrogen (secondary N) is 1. The summed E-state index contributed by atoms with van der Waals surface area (Å²) in [5.41, 5.74) is 6.19. The van der Waals surface area contributed by atoms with Crippen LogP contribution in [0, 0.1) is 0 Å². The number of anilines is 1. The minimum absolute atomic E-state index is 0.167. The molecule has 2 heterocycles. The lowest BCUT2D eigenvalue weighted by Gasteiger charge is -2.06. The predicted molar refractivity (Wildman–Crippen MR) is 116 cm³/mol. The van der Waals surface area contributed by atoms with Crippen molar-refractivity contribution in [1.29, 1.82) is 0 Å². The van der Waals surface area contributed by atoms with Gasteiger partial charge in [-0.2, -0.15) is 0 Å². The molecule has 0 aliphatic rings. The van der Waals surface area contributed by atoms with E-state index in [9.17, 15) is 19.5 Å². The Labute approximate surface area is 179 Å². The largest absolute Gasteiger partial charge is 0.494 e. The number of thiophene rings is 1. The summed E-state index contributed by atoms with van der Waals surface area (Å²) in [6.45, 7) is 0. The number of aromatic hydroxyl groups is 1. The first-order chi connectivity index (χ1) is 14.4. The van der Waals surface area contributed by atoms with Gasteiger partial charge in [0.2, 0.25) is 11.7 Å². The fourth-order valence-electron chi connectivity index (χ4n) is 3.14. The van der Waals surface area contributed by atoms with Crippen molar-refractivity contribution in [3.05, 3.63) is 81.0 Å². The number of amides is 2. The summed E-state index contributed by atoms with van der Waals surface area (Å²) in [5, 5.41) is 15.7. The topological polar surface area (TPSA) is 114 Å². The smallest absolute Gasteiger partial charge is 0.326 e. The first-order valence-electron chi connectivity index (χ1n) is 8.69. The van der Waals surface area contributed by atoms with Gasteiger partial charge >= 0.3 is 6.03 Å². The molecule has 7 nitrogen and oxygen atoms in total. The third-order valence-corrected chi connectivity index (χ3v) is 5.62. The summed E-state index contributed by atoms with van der Waals surface area (Å²) in [6, 6.07) is 13.3. The van der Waals surface area contributed by atoms with Gasteiger partial charge in [0.1, 0.15) is 5.56 Å². The van der Waals surface area contributed by atoms with Crippen molar-refractivity contribution in [2.24, 2.45) is 5.73 Å². The Kier molecular flexibility index (Phi) is 5.03. The summed E-state index contributed by atoms with van der Waals surface area (Å²) >= 11 is 7.15. The molecule has 4 N–H and O–H groups in total. The van der Waals surface area contributed by atoms with Gasteiger partial charge in [0.25, 0.3) is 5.91 Å². The normalized spacial score (nSPS) is 10.8. The molecule has 4 aromatic rings. The highest BCUT2D eigenvalue weighted by molar-refractivity contribution is 7.12. The summed E-state index contributed by atoms with van der Waals surface area (Å²) in [4.78, 5) is 38.1. The van der Waals surface area contributed by atoms with Crippen LogP contribution >= 0.6 is 22.9 Å². The van der Waals surface area contributed by atoms with Crippen LogP contribution in [0.2, 0.25) is 5.02 Å². The molecule has 0 unspecified atom stereocenters. The number of nitrogens with zero attached hydrogens (tertiary/aromatic N) is 1. The van der Waals surface area contributed by atoms with E-state index in [2.05, 4.69) is 5.32 Å². The monoisotopic (exact) mass is 439 g/mol. The van der Waals surface area contributed by atoms with Gasteiger partial charge in [-0.05, 0) is 53.9 Å². The van der Waals surface area contributed by atoms with Crippen LogP contribution in [0.4, 0.5) is 10.5 Å². The molecule has 2 aromatic heterocycles. The van der Waals surface area contributed by atoms with E-state index >= 15 is 0 Å². The van der Waals surface area contributed by atoms with Gasteiger partial charge in [-0.1, -0.05) is 17.7 Å². The zero-order valence-corrected chi connectivity index (χ0v) is 16.8. The number of primary amides is 1. The Bertz CT molecular complexity index is 1290. The van der Waals surface area contributed by atoms with E-state index in [0.29, 0.717) is 21.2 Å². The second-order valence-corrected chi connectivity index (χ2v) is 7.76. The van der Waals surface area contributed by atoms with Gasteiger partial charge in [0.05, 0.1) is 10.4 Å². The molecule has 30 heavy (non-hydrogen) atoms. The minimum atomic E-state index is -0.958. The highest BCUT2D eigenvalue weighted by Crippen LogP contribution is 2.33. The maximum absolute atomic E-state index is 12.9. The molecule has 4 rings (SSSR count). The van der Waals surface area contributed by atoms with Crippen molar-refractivity contribution in [1.82, 2.24) is 4.57 Å². The summed E-state index contributed by atoms with van der Waals surface area (Å²) in [5.74, 6) is -1.51. The highest BCUT2D eigenvalue weighted by Gasteiger charge is 2.26. The van der Waals surface area contributed by atoms with Gasteiger partial charge in [0, 0.05) is 21.7 Å². The maximum Gasteiger partial charge on any atom is 0.326 e. The average Bonchev–Trinajstić information content (AvgIpc) is 3.34. The minimum Gasteiger partial charge on any atom is -0.494 e. The van der Waals surface area contributed by atoms with Crippen LogP contribution in [0.5, 0.6) is 5.88 Å². The first kappa shape index (κ1) is 19.7. The maximum atomic E-state index is 12.9. The summed E-state index contributed by atoms with van der Waals surface area (Å²) in [6.07, 6.45) is 0. The number of fused-ring (bicyclic) bond motifs is 1. The van der Waals surface area contributed by atoms with E-state index in [1.165, 1.54) is 29.5 Å². The molecule has 0 aliphatic carbocycles. The Hall–Kier alpha value is -3.62. The molecule has 0 aliphatic heterocycles. The van der Waals surface area contributed by atoms with Gasteiger partial charge < -0.3 is 16.2 Å². The van der Waals surface area contributed by atoms with E-state index in [1.54, 1.807) is 41.8 Å². The van der Waals surface area contributed by atoms with E-state index in [1.807, 2.05) is 0 Å². The molecule has 0 saturated heterocycles. The molecule has 0 spiro atoms. The number of benzene rings is 2. The Balaban J connectivity index is 1.84. The van der Waals surface area contributed by atoms with Crippen LogP contribution in [-0.2, 0) is 0 Å². The Morgan fingerprint density at radius 1 is 1.07 bits per heavy atom. The predicted octanol–water partition coefficient (Wildman–Crippen LogP) is 4.47.